The summed E-state index contributed by atoms with van der Waals surface area (Å²) in [6.45, 7) is 2.36. The second-order valence-corrected chi connectivity index (χ2v) is 6.13. The lowest BCUT2D eigenvalue weighted by molar-refractivity contribution is 0.385. The SMILES string of the molecule is Clc1cc(Br)ccc1CSCC1CNC1. The molecule has 0 amide bonds. The van der Waals surface area contributed by atoms with Crippen LogP contribution in [0.4, 0.5) is 0 Å². The third-order valence-electron chi connectivity index (χ3n) is 2.49. The average molecular weight is 307 g/mol. The molecule has 4 heteroatoms. The Morgan fingerprint density at radius 2 is 2.27 bits per heavy atom. The zero-order valence-corrected chi connectivity index (χ0v) is 11.5. The maximum atomic E-state index is 6.14. The van der Waals surface area contributed by atoms with Crippen molar-refractivity contribution in [1.29, 1.82) is 0 Å². The number of hydrogen-bond acceptors (Lipinski definition) is 2. The van der Waals surface area contributed by atoms with Gasteiger partial charge in [0.2, 0.25) is 0 Å². The molecule has 15 heavy (non-hydrogen) atoms. The fraction of sp³-hybridized carbons (Fsp3) is 0.455. The third-order valence-corrected chi connectivity index (χ3v) is 4.56. The van der Waals surface area contributed by atoms with Crippen molar-refractivity contribution in [3.05, 3.63) is 33.3 Å². The molecule has 1 saturated heterocycles. The largest absolute Gasteiger partial charge is 0.316 e. The van der Waals surface area contributed by atoms with Crippen LogP contribution in [0.1, 0.15) is 5.56 Å². The molecule has 1 aromatic rings. The van der Waals surface area contributed by atoms with Gasteiger partial charge in [-0.05, 0) is 42.5 Å². The first-order valence-electron chi connectivity index (χ1n) is 4.98. The molecule has 1 fully saturated rings. The Balaban J connectivity index is 1.81. The van der Waals surface area contributed by atoms with Gasteiger partial charge in [0.25, 0.3) is 0 Å². The van der Waals surface area contributed by atoms with Crippen molar-refractivity contribution in [1.82, 2.24) is 5.32 Å². The van der Waals surface area contributed by atoms with E-state index in [1.54, 1.807) is 0 Å². The molecule has 1 aliphatic heterocycles. The second-order valence-electron chi connectivity index (χ2n) is 3.78. The fourth-order valence-corrected chi connectivity index (χ4v) is 3.42. The lowest BCUT2D eigenvalue weighted by Gasteiger charge is -2.26. The standard InChI is InChI=1S/C11H13BrClNS/c12-10-2-1-9(11(13)3-10)7-15-6-8-4-14-5-8/h1-3,8,14H,4-7H2. The summed E-state index contributed by atoms with van der Waals surface area (Å²) in [5.41, 5.74) is 1.23. The van der Waals surface area contributed by atoms with Gasteiger partial charge in [-0.3, -0.25) is 0 Å². The van der Waals surface area contributed by atoms with E-state index in [-0.39, 0.29) is 0 Å². The topological polar surface area (TPSA) is 12.0 Å². The maximum Gasteiger partial charge on any atom is 0.0457 e. The van der Waals surface area contributed by atoms with Crippen LogP contribution in [0.3, 0.4) is 0 Å². The summed E-state index contributed by atoms with van der Waals surface area (Å²) in [6, 6.07) is 6.10. The van der Waals surface area contributed by atoms with Crippen molar-refractivity contribution in [3.63, 3.8) is 0 Å². The van der Waals surface area contributed by atoms with Gasteiger partial charge in [-0.2, -0.15) is 11.8 Å². The van der Waals surface area contributed by atoms with Gasteiger partial charge >= 0.3 is 0 Å². The Hall–Kier alpha value is 0.300. The zero-order chi connectivity index (χ0) is 10.7. The van der Waals surface area contributed by atoms with Gasteiger partial charge in [0.1, 0.15) is 0 Å². The molecule has 2 rings (SSSR count). The first-order valence-corrected chi connectivity index (χ1v) is 7.30. The summed E-state index contributed by atoms with van der Waals surface area (Å²) in [7, 11) is 0. The van der Waals surface area contributed by atoms with Crippen LogP contribution in [0.5, 0.6) is 0 Å². The highest BCUT2D eigenvalue weighted by Crippen LogP contribution is 2.26. The molecule has 1 nitrogen and oxygen atoms in total. The minimum Gasteiger partial charge on any atom is -0.316 e. The highest BCUT2D eigenvalue weighted by Gasteiger charge is 2.16. The minimum atomic E-state index is 0.864. The van der Waals surface area contributed by atoms with Crippen LogP contribution in [0, 0.1) is 5.92 Å². The number of benzene rings is 1. The van der Waals surface area contributed by atoms with E-state index in [4.69, 9.17) is 11.6 Å². The van der Waals surface area contributed by atoms with Gasteiger partial charge in [-0.25, -0.2) is 0 Å². The predicted molar refractivity (Wildman–Crippen MR) is 71.7 cm³/mol. The second kappa shape index (κ2) is 5.58. The number of nitrogens with one attached hydrogen (secondary N) is 1. The van der Waals surface area contributed by atoms with Crippen molar-refractivity contribution >= 4 is 39.3 Å². The van der Waals surface area contributed by atoms with Crippen molar-refractivity contribution in [2.45, 2.75) is 5.75 Å². The van der Waals surface area contributed by atoms with Crippen LogP contribution in [0.15, 0.2) is 22.7 Å². The third kappa shape index (κ3) is 3.38. The highest BCUT2D eigenvalue weighted by atomic mass is 79.9. The Labute approximate surface area is 108 Å². The number of halogens is 2. The first kappa shape index (κ1) is 11.8. The summed E-state index contributed by atoms with van der Waals surface area (Å²) < 4.78 is 1.05. The average Bonchev–Trinajstić information content (AvgIpc) is 2.12. The molecule has 82 valence electrons. The van der Waals surface area contributed by atoms with E-state index >= 15 is 0 Å². The molecule has 0 atom stereocenters. The van der Waals surface area contributed by atoms with E-state index in [1.807, 2.05) is 23.9 Å². The molecule has 1 aliphatic rings. The van der Waals surface area contributed by atoms with E-state index < -0.39 is 0 Å². The van der Waals surface area contributed by atoms with Crippen molar-refractivity contribution in [2.75, 3.05) is 18.8 Å². The van der Waals surface area contributed by atoms with Crippen molar-refractivity contribution in [3.8, 4) is 0 Å². The summed E-state index contributed by atoms with van der Waals surface area (Å²) >= 11 is 11.5. The Kier molecular flexibility index (Phi) is 4.38. The first-order chi connectivity index (χ1) is 7.25. The van der Waals surface area contributed by atoms with Gasteiger partial charge in [-0.15, -0.1) is 0 Å². The van der Waals surface area contributed by atoms with E-state index in [9.17, 15) is 0 Å². The molecule has 0 spiro atoms. The van der Waals surface area contributed by atoms with E-state index in [1.165, 1.54) is 24.4 Å². The molecular formula is C11H13BrClNS. The maximum absolute atomic E-state index is 6.14. The van der Waals surface area contributed by atoms with Crippen LogP contribution in [-0.4, -0.2) is 18.8 Å². The lowest BCUT2D eigenvalue weighted by Crippen LogP contribution is -2.43. The quantitative estimate of drug-likeness (QED) is 0.913. The van der Waals surface area contributed by atoms with Crippen molar-refractivity contribution in [2.24, 2.45) is 5.92 Å². The smallest absolute Gasteiger partial charge is 0.0457 e. The molecule has 0 bridgehead atoms. The molecule has 0 aromatic heterocycles. The van der Waals surface area contributed by atoms with Crippen LogP contribution < -0.4 is 5.32 Å². The van der Waals surface area contributed by atoms with Crippen LogP contribution in [0.2, 0.25) is 5.02 Å². The number of rotatable bonds is 4. The molecule has 0 saturated carbocycles. The molecule has 0 radical (unpaired) electrons. The summed E-state index contributed by atoms with van der Waals surface area (Å²) in [4.78, 5) is 0. The van der Waals surface area contributed by atoms with Crippen LogP contribution in [0.25, 0.3) is 0 Å². The van der Waals surface area contributed by atoms with E-state index in [2.05, 4.69) is 27.3 Å². The monoisotopic (exact) mass is 305 g/mol. The number of hydrogen-bond donors (Lipinski definition) is 1. The van der Waals surface area contributed by atoms with Gasteiger partial charge in [0.15, 0.2) is 0 Å². The van der Waals surface area contributed by atoms with Crippen LogP contribution in [-0.2, 0) is 5.75 Å². The normalized spacial score (nSPS) is 16.4. The van der Waals surface area contributed by atoms with Gasteiger partial charge < -0.3 is 5.32 Å². The molecular weight excluding hydrogens is 294 g/mol. The Morgan fingerprint density at radius 1 is 1.47 bits per heavy atom. The van der Waals surface area contributed by atoms with Gasteiger partial charge in [0.05, 0.1) is 0 Å². The minimum absolute atomic E-state index is 0.864. The molecule has 1 heterocycles. The summed E-state index contributed by atoms with van der Waals surface area (Å²) in [5.74, 6) is 3.12. The predicted octanol–water partition coefficient (Wildman–Crippen LogP) is 3.56. The summed E-state index contributed by atoms with van der Waals surface area (Å²) in [5, 5.41) is 4.15. The van der Waals surface area contributed by atoms with E-state index in [0.29, 0.717) is 0 Å². The zero-order valence-electron chi connectivity index (χ0n) is 8.30. The van der Waals surface area contributed by atoms with Crippen molar-refractivity contribution < 1.29 is 0 Å². The van der Waals surface area contributed by atoms with Gasteiger partial charge in [0, 0.05) is 15.2 Å². The Morgan fingerprint density at radius 3 is 2.87 bits per heavy atom. The molecule has 1 aromatic carbocycles. The lowest BCUT2D eigenvalue weighted by atomic mass is 10.1. The van der Waals surface area contributed by atoms with Gasteiger partial charge in [-0.1, -0.05) is 33.6 Å². The number of thioether (sulfide) groups is 1. The molecule has 1 N–H and O–H groups in total. The highest BCUT2D eigenvalue weighted by molar-refractivity contribution is 9.10. The summed E-state index contributed by atoms with van der Waals surface area (Å²) in [6.07, 6.45) is 0. The fourth-order valence-electron chi connectivity index (χ4n) is 1.44. The molecule has 0 unspecified atom stereocenters. The molecule has 0 aliphatic carbocycles. The van der Waals surface area contributed by atoms with E-state index in [0.717, 1.165) is 21.2 Å². The Bertz CT molecular complexity index is 341. The van der Waals surface area contributed by atoms with Crippen LogP contribution >= 0.6 is 39.3 Å².